The van der Waals surface area contributed by atoms with Crippen LogP contribution in [0.4, 0.5) is 0 Å². The van der Waals surface area contributed by atoms with Gasteiger partial charge in [-0.2, -0.15) is 0 Å². The highest BCUT2D eigenvalue weighted by Crippen LogP contribution is 2.26. The van der Waals surface area contributed by atoms with E-state index in [-0.39, 0.29) is 0 Å². The summed E-state index contributed by atoms with van der Waals surface area (Å²) in [6, 6.07) is 6.68. The number of ether oxygens (including phenoxy) is 1. The number of rotatable bonds is 6. The maximum atomic E-state index is 6.18. The molecular weight excluding hydrogens is 246 g/mol. The standard InChI is InChI=1S/C15H18ClNO/c1-2-3-4-9-18-15-8-5-12(10-14(15)16)11-17-13-6-7-13/h5,8,10,13,17H,4,6-7,9,11H2,1H3. The average molecular weight is 264 g/mol. The van der Waals surface area contributed by atoms with Gasteiger partial charge < -0.3 is 10.1 Å². The molecule has 0 aliphatic heterocycles. The van der Waals surface area contributed by atoms with E-state index in [4.69, 9.17) is 16.3 Å². The van der Waals surface area contributed by atoms with Crippen LogP contribution in [-0.4, -0.2) is 12.6 Å². The van der Waals surface area contributed by atoms with Crippen molar-refractivity contribution in [3.05, 3.63) is 28.8 Å². The van der Waals surface area contributed by atoms with Crippen LogP contribution < -0.4 is 10.1 Å². The first-order valence-corrected chi connectivity index (χ1v) is 6.71. The van der Waals surface area contributed by atoms with Crippen molar-refractivity contribution >= 4 is 11.6 Å². The Kier molecular flexibility index (Phi) is 4.92. The van der Waals surface area contributed by atoms with E-state index >= 15 is 0 Å². The van der Waals surface area contributed by atoms with Gasteiger partial charge in [0.1, 0.15) is 5.75 Å². The third-order valence-corrected chi connectivity index (χ3v) is 3.13. The highest BCUT2D eigenvalue weighted by atomic mass is 35.5. The van der Waals surface area contributed by atoms with Gasteiger partial charge in [-0.25, -0.2) is 0 Å². The SMILES string of the molecule is CC#CCCOc1ccc(CNC2CC2)cc1Cl. The molecule has 2 rings (SSSR count). The number of hydrogen-bond acceptors (Lipinski definition) is 2. The second-order valence-corrected chi connectivity index (χ2v) is 4.85. The first kappa shape index (κ1) is 13.3. The van der Waals surface area contributed by atoms with Crippen LogP contribution in [0.25, 0.3) is 0 Å². The zero-order chi connectivity index (χ0) is 12.8. The summed E-state index contributed by atoms with van der Waals surface area (Å²) in [5, 5.41) is 4.14. The van der Waals surface area contributed by atoms with Crippen LogP contribution in [0.5, 0.6) is 5.75 Å². The quantitative estimate of drug-likeness (QED) is 0.628. The van der Waals surface area contributed by atoms with Crippen LogP contribution in [0.2, 0.25) is 5.02 Å². The molecule has 0 aromatic heterocycles. The van der Waals surface area contributed by atoms with E-state index in [1.54, 1.807) is 0 Å². The van der Waals surface area contributed by atoms with Gasteiger partial charge in [-0.1, -0.05) is 17.7 Å². The molecule has 1 aromatic carbocycles. The van der Waals surface area contributed by atoms with E-state index < -0.39 is 0 Å². The van der Waals surface area contributed by atoms with Crippen LogP contribution in [0, 0.1) is 11.8 Å². The van der Waals surface area contributed by atoms with Crippen LogP contribution in [0.1, 0.15) is 31.7 Å². The Morgan fingerprint density at radius 1 is 1.44 bits per heavy atom. The molecule has 1 fully saturated rings. The summed E-state index contributed by atoms with van der Waals surface area (Å²) in [5.74, 6) is 6.54. The second kappa shape index (κ2) is 6.68. The maximum Gasteiger partial charge on any atom is 0.137 e. The topological polar surface area (TPSA) is 21.3 Å². The summed E-state index contributed by atoms with van der Waals surface area (Å²) in [6.07, 6.45) is 3.33. The monoisotopic (exact) mass is 263 g/mol. The Morgan fingerprint density at radius 2 is 2.28 bits per heavy atom. The molecule has 18 heavy (non-hydrogen) atoms. The molecule has 1 aliphatic rings. The zero-order valence-electron chi connectivity index (χ0n) is 10.6. The molecule has 0 spiro atoms. The van der Waals surface area contributed by atoms with Gasteiger partial charge in [-0.05, 0) is 37.5 Å². The molecule has 0 atom stereocenters. The van der Waals surface area contributed by atoms with E-state index in [9.17, 15) is 0 Å². The van der Waals surface area contributed by atoms with Crippen molar-refractivity contribution in [1.82, 2.24) is 5.32 Å². The molecule has 0 saturated heterocycles. The Labute approximate surface area is 114 Å². The van der Waals surface area contributed by atoms with E-state index in [2.05, 4.69) is 23.2 Å². The fourth-order valence-electron chi connectivity index (χ4n) is 1.66. The van der Waals surface area contributed by atoms with E-state index in [1.165, 1.54) is 18.4 Å². The summed E-state index contributed by atoms with van der Waals surface area (Å²) in [5.41, 5.74) is 1.20. The van der Waals surface area contributed by atoms with Gasteiger partial charge in [0.05, 0.1) is 11.6 Å². The summed E-state index contributed by atoms with van der Waals surface area (Å²) in [4.78, 5) is 0. The molecular formula is C15H18ClNO. The largest absolute Gasteiger partial charge is 0.491 e. The average Bonchev–Trinajstić information content (AvgIpc) is 3.18. The molecule has 0 bridgehead atoms. The van der Waals surface area contributed by atoms with Crippen molar-refractivity contribution in [3.8, 4) is 17.6 Å². The fraction of sp³-hybridized carbons (Fsp3) is 0.467. The molecule has 96 valence electrons. The molecule has 0 radical (unpaired) electrons. The molecule has 1 saturated carbocycles. The van der Waals surface area contributed by atoms with Crippen LogP contribution >= 0.6 is 11.6 Å². The van der Waals surface area contributed by atoms with Gasteiger partial charge >= 0.3 is 0 Å². The highest BCUT2D eigenvalue weighted by molar-refractivity contribution is 6.32. The maximum absolute atomic E-state index is 6.18. The first-order chi connectivity index (χ1) is 8.79. The van der Waals surface area contributed by atoms with Crippen LogP contribution in [-0.2, 0) is 6.54 Å². The van der Waals surface area contributed by atoms with Gasteiger partial charge in [-0.3, -0.25) is 0 Å². The summed E-state index contributed by atoms with van der Waals surface area (Å²) in [6.45, 7) is 3.29. The smallest absolute Gasteiger partial charge is 0.137 e. The van der Waals surface area contributed by atoms with Gasteiger partial charge in [0.25, 0.3) is 0 Å². The third-order valence-electron chi connectivity index (χ3n) is 2.83. The zero-order valence-corrected chi connectivity index (χ0v) is 11.4. The summed E-state index contributed by atoms with van der Waals surface area (Å²) < 4.78 is 5.58. The van der Waals surface area contributed by atoms with Crippen LogP contribution in [0.3, 0.4) is 0 Å². The van der Waals surface area contributed by atoms with Crippen molar-refractivity contribution in [3.63, 3.8) is 0 Å². The Hall–Kier alpha value is -1.17. The van der Waals surface area contributed by atoms with Crippen LogP contribution in [0.15, 0.2) is 18.2 Å². The van der Waals surface area contributed by atoms with Crippen molar-refractivity contribution in [2.75, 3.05) is 6.61 Å². The van der Waals surface area contributed by atoms with Crippen molar-refractivity contribution in [2.45, 2.75) is 38.8 Å². The van der Waals surface area contributed by atoms with E-state index in [0.29, 0.717) is 17.7 Å². The second-order valence-electron chi connectivity index (χ2n) is 4.45. The Bertz CT molecular complexity index is 457. The molecule has 1 aromatic rings. The molecule has 0 heterocycles. The minimum Gasteiger partial charge on any atom is -0.491 e. The fourth-order valence-corrected chi connectivity index (χ4v) is 1.92. The summed E-state index contributed by atoms with van der Waals surface area (Å²) in [7, 11) is 0. The Balaban J connectivity index is 1.84. The summed E-state index contributed by atoms with van der Waals surface area (Å²) >= 11 is 6.18. The normalized spacial score (nSPS) is 13.9. The van der Waals surface area contributed by atoms with Gasteiger partial charge in [-0.15, -0.1) is 11.8 Å². The first-order valence-electron chi connectivity index (χ1n) is 6.34. The van der Waals surface area contributed by atoms with Crippen molar-refractivity contribution in [1.29, 1.82) is 0 Å². The lowest BCUT2D eigenvalue weighted by molar-refractivity contribution is 0.327. The third kappa shape index (κ3) is 4.25. The molecule has 3 heteroatoms. The van der Waals surface area contributed by atoms with Crippen molar-refractivity contribution in [2.24, 2.45) is 0 Å². The van der Waals surface area contributed by atoms with Gasteiger partial charge in [0.2, 0.25) is 0 Å². The molecule has 1 N–H and O–H groups in total. The molecule has 1 aliphatic carbocycles. The van der Waals surface area contributed by atoms with Crippen molar-refractivity contribution < 1.29 is 4.74 Å². The number of hydrogen-bond donors (Lipinski definition) is 1. The van der Waals surface area contributed by atoms with Gasteiger partial charge in [0.15, 0.2) is 0 Å². The van der Waals surface area contributed by atoms with Gasteiger partial charge in [0, 0.05) is 19.0 Å². The van der Waals surface area contributed by atoms with E-state index in [0.717, 1.165) is 18.7 Å². The predicted octanol–water partition coefficient (Wildman–Crippen LogP) is 3.38. The minimum atomic E-state index is 0.584. The predicted molar refractivity (Wildman–Crippen MR) is 74.9 cm³/mol. The van der Waals surface area contributed by atoms with E-state index in [1.807, 2.05) is 19.1 Å². The number of halogens is 1. The molecule has 0 unspecified atom stereocenters. The highest BCUT2D eigenvalue weighted by Gasteiger charge is 2.19. The number of benzene rings is 1. The molecule has 0 amide bonds. The lowest BCUT2D eigenvalue weighted by atomic mass is 10.2. The number of nitrogens with one attached hydrogen (secondary N) is 1. The lowest BCUT2D eigenvalue weighted by Crippen LogP contribution is -2.15. The minimum absolute atomic E-state index is 0.584. The lowest BCUT2D eigenvalue weighted by Gasteiger charge is -2.09. The Morgan fingerprint density at radius 3 is 2.94 bits per heavy atom. The molecule has 2 nitrogen and oxygen atoms in total.